The van der Waals surface area contributed by atoms with E-state index in [1.54, 1.807) is 24.5 Å². The maximum atomic E-state index is 13.3. The van der Waals surface area contributed by atoms with Crippen molar-refractivity contribution in [2.45, 2.75) is 45.6 Å². The molecule has 0 unspecified atom stereocenters. The molecule has 3 aromatic rings. The van der Waals surface area contributed by atoms with Gasteiger partial charge in [-0.2, -0.15) is 5.10 Å². The maximum absolute atomic E-state index is 13.3. The van der Waals surface area contributed by atoms with Crippen LogP contribution >= 0.6 is 0 Å². The van der Waals surface area contributed by atoms with Crippen molar-refractivity contribution >= 4 is 5.82 Å². The van der Waals surface area contributed by atoms with Crippen LogP contribution in [0.2, 0.25) is 0 Å². The number of hydrogen-bond acceptors (Lipinski definition) is 4. The van der Waals surface area contributed by atoms with Crippen molar-refractivity contribution in [3.8, 4) is 22.4 Å². The number of hydrogen-bond donors (Lipinski definition) is 3. The Kier molecular flexibility index (Phi) is 6.69. The van der Waals surface area contributed by atoms with Crippen LogP contribution in [0.3, 0.4) is 0 Å². The highest BCUT2D eigenvalue weighted by molar-refractivity contribution is 5.88. The van der Waals surface area contributed by atoms with E-state index >= 15 is 0 Å². The number of H-pyrrole nitrogens is 1. The Morgan fingerprint density at radius 3 is 2.07 bits per heavy atom. The molecule has 6 heteroatoms. The molecule has 5 nitrogen and oxygen atoms in total. The summed E-state index contributed by atoms with van der Waals surface area (Å²) in [7, 11) is 0. The summed E-state index contributed by atoms with van der Waals surface area (Å²) in [6.45, 7) is 6.58. The number of anilines is 1. The van der Waals surface area contributed by atoms with E-state index < -0.39 is 0 Å². The highest BCUT2D eigenvalue weighted by atomic mass is 19.1. The van der Waals surface area contributed by atoms with E-state index in [9.17, 15) is 4.39 Å². The highest BCUT2D eigenvalue weighted by Gasteiger charge is 2.27. The average molecular weight is 369 g/mol. The minimum Gasteiger partial charge on any atom is -0.363 e. The number of aromatic nitrogens is 3. The molecule has 0 aliphatic heterocycles. The van der Waals surface area contributed by atoms with Gasteiger partial charge in [0, 0.05) is 23.5 Å². The third-order valence-electron chi connectivity index (χ3n) is 5.28. The van der Waals surface area contributed by atoms with E-state index in [1.807, 2.05) is 12.1 Å². The van der Waals surface area contributed by atoms with Gasteiger partial charge < -0.3 is 11.5 Å². The molecule has 0 radical (unpaired) electrons. The summed E-state index contributed by atoms with van der Waals surface area (Å²) >= 11 is 0. The van der Waals surface area contributed by atoms with Gasteiger partial charge in [0.15, 0.2) is 5.82 Å². The van der Waals surface area contributed by atoms with Gasteiger partial charge in [0.25, 0.3) is 0 Å². The van der Waals surface area contributed by atoms with Gasteiger partial charge in [0.2, 0.25) is 0 Å². The summed E-state index contributed by atoms with van der Waals surface area (Å²) in [5.41, 5.74) is 3.77. The van der Waals surface area contributed by atoms with Crippen molar-refractivity contribution in [1.29, 1.82) is 0 Å². The van der Waals surface area contributed by atoms with Gasteiger partial charge >= 0.3 is 0 Å². The zero-order chi connectivity index (χ0) is 18.6. The first-order valence-electron chi connectivity index (χ1n) is 9.15. The zero-order valence-corrected chi connectivity index (χ0v) is 16.2. The van der Waals surface area contributed by atoms with Gasteiger partial charge in [0.05, 0.1) is 11.3 Å². The fraction of sp³-hybridized carbons (Fsp3) is 0.333. The molecule has 0 aliphatic rings. The second-order valence-corrected chi connectivity index (χ2v) is 6.53. The van der Waals surface area contributed by atoms with Crippen molar-refractivity contribution in [2.24, 2.45) is 0 Å². The van der Waals surface area contributed by atoms with Crippen LogP contribution in [0.1, 0.15) is 40.0 Å². The Labute approximate surface area is 160 Å². The molecule has 0 atom stereocenters. The minimum atomic E-state index is -0.251. The Bertz CT molecular complexity index is 831. The van der Waals surface area contributed by atoms with Crippen LogP contribution in [0, 0.1) is 5.82 Å². The number of halogens is 1. The van der Waals surface area contributed by atoms with E-state index in [0.717, 1.165) is 47.5 Å². The third-order valence-corrected chi connectivity index (χ3v) is 5.28. The Morgan fingerprint density at radius 1 is 0.926 bits per heavy atom. The lowest BCUT2D eigenvalue weighted by Gasteiger charge is -2.32. The molecule has 5 N–H and O–H groups in total. The van der Waals surface area contributed by atoms with Crippen molar-refractivity contribution in [2.75, 3.05) is 5.32 Å². The second kappa shape index (κ2) is 8.77. The number of nitrogens with zero attached hydrogens (tertiary/aromatic N) is 2. The van der Waals surface area contributed by atoms with Crippen LogP contribution in [-0.4, -0.2) is 20.7 Å². The van der Waals surface area contributed by atoms with Gasteiger partial charge in [-0.15, -0.1) is 0 Å². The van der Waals surface area contributed by atoms with Gasteiger partial charge in [-0.3, -0.25) is 10.1 Å². The SMILES string of the molecule is CCC(CC)(CC)Nc1n[nH]c(-c2ccc(F)cc2)c1-c1ccncc1.N. The summed E-state index contributed by atoms with van der Waals surface area (Å²) in [5.74, 6) is 0.570. The number of pyridine rings is 1. The van der Waals surface area contributed by atoms with Gasteiger partial charge in [0.1, 0.15) is 5.82 Å². The predicted molar refractivity (Wildman–Crippen MR) is 109 cm³/mol. The number of nitrogens with one attached hydrogen (secondary N) is 2. The smallest absolute Gasteiger partial charge is 0.156 e. The Hall–Kier alpha value is -2.73. The van der Waals surface area contributed by atoms with Crippen LogP contribution < -0.4 is 11.5 Å². The molecular formula is C21H28FN5. The fourth-order valence-corrected chi connectivity index (χ4v) is 3.32. The first-order valence-corrected chi connectivity index (χ1v) is 9.15. The molecule has 0 aliphatic carbocycles. The number of aromatic amines is 1. The molecule has 0 fully saturated rings. The molecule has 3 rings (SSSR count). The van der Waals surface area contributed by atoms with Gasteiger partial charge in [-0.05, 0) is 61.2 Å². The van der Waals surface area contributed by atoms with Crippen molar-refractivity contribution < 1.29 is 4.39 Å². The van der Waals surface area contributed by atoms with Crippen molar-refractivity contribution in [3.63, 3.8) is 0 Å². The quantitative estimate of drug-likeness (QED) is 0.489. The minimum absolute atomic E-state index is 0. The van der Waals surface area contributed by atoms with E-state index in [-0.39, 0.29) is 17.5 Å². The molecular weight excluding hydrogens is 341 g/mol. The lowest BCUT2D eigenvalue weighted by Crippen LogP contribution is -2.36. The molecule has 0 spiro atoms. The summed E-state index contributed by atoms with van der Waals surface area (Å²) in [6, 6.07) is 10.4. The molecule has 2 aromatic heterocycles. The first kappa shape index (κ1) is 20.6. The molecule has 144 valence electrons. The van der Waals surface area contributed by atoms with E-state index in [2.05, 4.69) is 41.3 Å². The van der Waals surface area contributed by atoms with Crippen LogP contribution in [0.4, 0.5) is 10.2 Å². The van der Waals surface area contributed by atoms with Crippen molar-refractivity contribution in [1.82, 2.24) is 21.3 Å². The number of benzene rings is 1. The van der Waals surface area contributed by atoms with Gasteiger partial charge in [-0.1, -0.05) is 20.8 Å². The summed E-state index contributed by atoms with van der Waals surface area (Å²) in [4.78, 5) is 4.12. The predicted octanol–water partition coefficient (Wildman–Crippen LogP) is 5.82. The molecule has 0 saturated carbocycles. The van der Waals surface area contributed by atoms with Crippen LogP contribution in [0.25, 0.3) is 22.4 Å². The molecule has 2 heterocycles. The maximum Gasteiger partial charge on any atom is 0.156 e. The van der Waals surface area contributed by atoms with Crippen LogP contribution in [0.15, 0.2) is 48.8 Å². The lowest BCUT2D eigenvalue weighted by atomic mass is 9.89. The third kappa shape index (κ3) is 4.17. The van der Waals surface area contributed by atoms with E-state index in [0.29, 0.717) is 0 Å². The number of rotatable bonds is 7. The van der Waals surface area contributed by atoms with Crippen LogP contribution in [0.5, 0.6) is 0 Å². The normalized spacial score (nSPS) is 11.1. The summed E-state index contributed by atoms with van der Waals surface area (Å²) in [5, 5.41) is 11.4. The zero-order valence-electron chi connectivity index (χ0n) is 16.2. The van der Waals surface area contributed by atoms with Crippen LogP contribution in [-0.2, 0) is 0 Å². The fourth-order valence-electron chi connectivity index (χ4n) is 3.32. The molecule has 0 saturated heterocycles. The topological polar surface area (TPSA) is 88.6 Å². The van der Waals surface area contributed by atoms with E-state index in [4.69, 9.17) is 0 Å². The second-order valence-electron chi connectivity index (χ2n) is 6.53. The standard InChI is InChI=1S/C21H25FN4.H3N/c1-4-21(5-2,6-3)24-20-18(15-11-13-23-14-12-15)19(25-26-20)16-7-9-17(22)10-8-16;/h7-14H,4-6H2,1-3H3,(H2,24,25,26);1H3. The highest BCUT2D eigenvalue weighted by Crippen LogP contribution is 2.38. The van der Waals surface area contributed by atoms with E-state index in [1.165, 1.54) is 12.1 Å². The summed E-state index contributed by atoms with van der Waals surface area (Å²) < 4.78 is 13.3. The summed E-state index contributed by atoms with van der Waals surface area (Å²) in [6.07, 6.45) is 6.57. The Morgan fingerprint density at radius 2 is 1.52 bits per heavy atom. The molecule has 0 amide bonds. The largest absolute Gasteiger partial charge is 0.363 e. The van der Waals surface area contributed by atoms with Gasteiger partial charge in [-0.25, -0.2) is 4.39 Å². The average Bonchev–Trinajstić information content (AvgIpc) is 3.11. The monoisotopic (exact) mass is 369 g/mol. The lowest BCUT2D eigenvalue weighted by molar-refractivity contribution is 0.419. The molecule has 1 aromatic carbocycles. The van der Waals surface area contributed by atoms with Crippen molar-refractivity contribution in [3.05, 3.63) is 54.6 Å². The molecule has 0 bridgehead atoms. The molecule has 27 heavy (non-hydrogen) atoms. The first-order chi connectivity index (χ1) is 12.6. The Balaban J connectivity index is 0.00000261.